The molecule has 0 aliphatic heterocycles. The van der Waals surface area contributed by atoms with Crippen molar-refractivity contribution in [3.63, 3.8) is 0 Å². The minimum absolute atomic E-state index is 0.370. The van der Waals surface area contributed by atoms with Crippen LogP contribution in [-0.4, -0.2) is 34.7 Å². The number of ketones is 1. The maximum Gasteiger partial charge on any atom is 0.253 e. The predicted octanol–water partition coefficient (Wildman–Crippen LogP) is 2.53. The molecule has 5 heteroatoms. The largest absolute Gasteiger partial charge is 0.344 e. The predicted molar refractivity (Wildman–Crippen MR) is 93.1 cm³/mol. The first-order valence-corrected chi connectivity index (χ1v) is 8.07. The number of unbranched alkanes of at least 4 members (excludes halogenated alkanes) is 1. The monoisotopic (exact) mass is 326 g/mol. The fourth-order valence-corrected chi connectivity index (χ4v) is 2.49. The van der Waals surface area contributed by atoms with Gasteiger partial charge in [0.25, 0.3) is 11.5 Å². The van der Waals surface area contributed by atoms with Gasteiger partial charge in [-0.2, -0.15) is 0 Å². The smallest absolute Gasteiger partial charge is 0.253 e. The van der Waals surface area contributed by atoms with Crippen LogP contribution in [0.4, 0.5) is 0 Å². The molecular weight excluding hydrogens is 304 g/mol. The zero-order valence-electron chi connectivity index (χ0n) is 14.0. The Bertz CT molecular complexity index is 752. The zero-order chi connectivity index (χ0) is 17.5. The Morgan fingerprint density at radius 3 is 2.38 bits per heavy atom. The molecule has 0 unspecified atom stereocenters. The summed E-state index contributed by atoms with van der Waals surface area (Å²) in [6, 6.07) is 12.0. The molecule has 0 radical (unpaired) electrons. The molecule has 0 N–H and O–H groups in total. The SMILES string of the molecule is CCCCN(C)C(=O)[C@H](C(=O)c1ccccc1)n1ccccc1=O. The second-order valence-corrected chi connectivity index (χ2v) is 5.69. The molecule has 1 aromatic heterocycles. The number of carbonyl (C=O) groups is 2. The molecule has 1 heterocycles. The van der Waals surface area contributed by atoms with Crippen LogP contribution in [0.3, 0.4) is 0 Å². The Labute approximate surface area is 141 Å². The summed E-state index contributed by atoms with van der Waals surface area (Å²) in [5, 5.41) is 0. The first-order chi connectivity index (χ1) is 11.6. The second kappa shape index (κ2) is 8.24. The molecule has 0 aliphatic rings. The lowest BCUT2D eigenvalue weighted by Gasteiger charge is -2.24. The molecule has 1 aromatic carbocycles. The van der Waals surface area contributed by atoms with Gasteiger partial charge in [-0.15, -0.1) is 0 Å². The standard InChI is InChI=1S/C19H22N2O3/c1-3-4-13-20(2)19(24)17(21-14-9-8-12-16(21)22)18(23)15-10-6-5-7-11-15/h5-12,14,17H,3-4,13H2,1-2H3/t17-/m0/s1. The lowest BCUT2D eigenvalue weighted by molar-refractivity contribution is -0.132. The van der Waals surface area contributed by atoms with E-state index in [1.807, 2.05) is 6.92 Å². The molecule has 0 saturated carbocycles. The van der Waals surface area contributed by atoms with E-state index in [9.17, 15) is 14.4 Å². The summed E-state index contributed by atoms with van der Waals surface area (Å²) in [5.41, 5.74) is 0.0412. The van der Waals surface area contributed by atoms with Crippen molar-refractivity contribution in [1.29, 1.82) is 0 Å². The summed E-state index contributed by atoms with van der Waals surface area (Å²) in [7, 11) is 1.66. The van der Waals surface area contributed by atoms with E-state index < -0.39 is 6.04 Å². The van der Waals surface area contributed by atoms with Crippen LogP contribution in [0.25, 0.3) is 0 Å². The van der Waals surface area contributed by atoms with Gasteiger partial charge in [-0.05, 0) is 12.5 Å². The maximum atomic E-state index is 12.9. The van der Waals surface area contributed by atoms with E-state index in [1.54, 1.807) is 49.5 Å². The summed E-state index contributed by atoms with van der Waals surface area (Å²) in [6.07, 6.45) is 3.28. The highest BCUT2D eigenvalue weighted by Crippen LogP contribution is 2.16. The molecule has 1 atom stereocenters. The van der Waals surface area contributed by atoms with E-state index >= 15 is 0 Å². The molecular formula is C19H22N2O3. The number of carbonyl (C=O) groups excluding carboxylic acids is 2. The van der Waals surface area contributed by atoms with Gasteiger partial charge in [0.15, 0.2) is 11.8 Å². The van der Waals surface area contributed by atoms with E-state index in [2.05, 4.69) is 0 Å². The van der Waals surface area contributed by atoms with Crippen LogP contribution in [0.15, 0.2) is 59.5 Å². The van der Waals surface area contributed by atoms with E-state index in [0.717, 1.165) is 12.8 Å². The highest BCUT2D eigenvalue weighted by atomic mass is 16.2. The number of nitrogens with zero attached hydrogens (tertiary/aromatic N) is 2. The lowest BCUT2D eigenvalue weighted by Crippen LogP contribution is -2.42. The van der Waals surface area contributed by atoms with Gasteiger partial charge in [0, 0.05) is 31.4 Å². The Kier molecular flexibility index (Phi) is 6.07. The van der Waals surface area contributed by atoms with Crippen molar-refractivity contribution in [1.82, 2.24) is 9.47 Å². The van der Waals surface area contributed by atoms with Crippen LogP contribution in [0, 0.1) is 0 Å². The Balaban J connectivity index is 2.42. The molecule has 0 spiro atoms. The van der Waals surface area contributed by atoms with E-state index in [0.29, 0.717) is 12.1 Å². The quantitative estimate of drug-likeness (QED) is 0.580. The zero-order valence-corrected chi connectivity index (χ0v) is 14.0. The van der Waals surface area contributed by atoms with Crippen LogP contribution in [0.2, 0.25) is 0 Å². The first kappa shape index (κ1) is 17.7. The Hall–Kier alpha value is -2.69. The van der Waals surface area contributed by atoms with E-state index in [4.69, 9.17) is 0 Å². The summed E-state index contributed by atoms with van der Waals surface area (Å²) in [5.74, 6) is -0.747. The topological polar surface area (TPSA) is 59.4 Å². The molecule has 1 amide bonds. The van der Waals surface area contributed by atoms with Gasteiger partial charge in [-0.25, -0.2) is 0 Å². The molecule has 0 aliphatic carbocycles. The van der Waals surface area contributed by atoms with Crippen molar-refractivity contribution in [3.8, 4) is 0 Å². The van der Waals surface area contributed by atoms with Gasteiger partial charge < -0.3 is 4.90 Å². The molecule has 5 nitrogen and oxygen atoms in total. The molecule has 0 saturated heterocycles. The lowest BCUT2D eigenvalue weighted by atomic mass is 10.0. The third-order valence-electron chi connectivity index (χ3n) is 3.89. The average Bonchev–Trinajstić information content (AvgIpc) is 2.62. The summed E-state index contributed by atoms with van der Waals surface area (Å²) in [6.45, 7) is 2.59. The molecule has 0 bridgehead atoms. The molecule has 24 heavy (non-hydrogen) atoms. The van der Waals surface area contributed by atoms with E-state index in [1.165, 1.54) is 21.7 Å². The number of likely N-dealkylation sites (N-methyl/N-ethyl adjacent to an activating group) is 1. The average molecular weight is 326 g/mol. The number of hydrogen-bond donors (Lipinski definition) is 0. The van der Waals surface area contributed by atoms with Crippen molar-refractivity contribution in [3.05, 3.63) is 70.6 Å². The van der Waals surface area contributed by atoms with Crippen LogP contribution < -0.4 is 5.56 Å². The maximum absolute atomic E-state index is 12.9. The number of benzene rings is 1. The van der Waals surface area contributed by atoms with Gasteiger partial charge in [0.1, 0.15) is 0 Å². The van der Waals surface area contributed by atoms with Gasteiger partial charge in [0.2, 0.25) is 0 Å². The summed E-state index contributed by atoms with van der Waals surface area (Å²) >= 11 is 0. The van der Waals surface area contributed by atoms with Crippen LogP contribution in [0.5, 0.6) is 0 Å². The highest BCUT2D eigenvalue weighted by molar-refractivity contribution is 6.11. The van der Waals surface area contributed by atoms with Gasteiger partial charge in [0.05, 0.1) is 0 Å². The third-order valence-corrected chi connectivity index (χ3v) is 3.89. The summed E-state index contributed by atoms with van der Waals surface area (Å²) in [4.78, 5) is 39.5. The number of hydrogen-bond acceptors (Lipinski definition) is 3. The minimum Gasteiger partial charge on any atom is -0.344 e. The van der Waals surface area contributed by atoms with Crippen molar-refractivity contribution in [2.75, 3.05) is 13.6 Å². The van der Waals surface area contributed by atoms with Crippen LogP contribution in [0.1, 0.15) is 36.2 Å². The van der Waals surface area contributed by atoms with Gasteiger partial charge >= 0.3 is 0 Å². The van der Waals surface area contributed by atoms with Crippen molar-refractivity contribution < 1.29 is 9.59 Å². The summed E-state index contributed by atoms with van der Waals surface area (Å²) < 4.78 is 1.21. The number of rotatable bonds is 7. The normalized spacial score (nSPS) is 11.8. The number of amides is 1. The van der Waals surface area contributed by atoms with Gasteiger partial charge in [-0.1, -0.05) is 49.7 Å². The van der Waals surface area contributed by atoms with Crippen molar-refractivity contribution in [2.24, 2.45) is 0 Å². The van der Waals surface area contributed by atoms with Crippen molar-refractivity contribution in [2.45, 2.75) is 25.8 Å². The Morgan fingerprint density at radius 2 is 1.75 bits per heavy atom. The van der Waals surface area contributed by atoms with Crippen molar-refractivity contribution >= 4 is 11.7 Å². The molecule has 2 rings (SSSR count). The fraction of sp³-hybridized carbons (Fsp3) is 0.316. The first-order valence-electron chi connectivity index (χ1n) is 8.07. The Morgan fingerprint density at radius 1 is 1.08 bits per heavy atom. The number of Topliss-reactive ketones (excluding diaryl/α,β-unsaturated/α-hetero) is 1. The third kappa shape index (κ3) is 3.98. The number of aromatic nitrogens is 1. The van der Waals surface area contributed by atoms with Gasteiger partial charge in [-0.3, -0.25) is 19.0 Å². The second-order valence-electron chi connectivity index (χ2n) is 5.69. The molecule has 2 aromatic rings. The molecule has 0 fully saturated rings. The van der Waals surface area contributed by atoms with Crippen LogP contribution >= 0.6 is 0 Å². The number of pyridine rings is 1. The minimum atomic E-state index is -1.18. The van der Waals surface area contributed by atoms with Crippen LogP contribution in [-0.2, 0) is 4.79 Å². The molecule has 126 valence electrons. The fourth-order valence-electron chi connectivity index (χ4n) is 2.49. The highest BCUT2D eigenvalue weighted by Gasteiger charge is 2.32. The van der Waals surface area contributed by atoms with E-state index in [-0.39, 0.29) is 17.2 Å².